The van der Waals surface area contributed by atoms with Crippen molar-refractivity contribution in [1.82, 2.24) is 0 Å². The fourth-order valence-electron chi connectivity index (χ4n) is 0.880. The van der Waals surface area contributed by atoms with Gasteiger partial charge in [0.15, 0.2) is 0 Å². The lowest BCUT2D eigenvalue weighted by Crippen LogP contribution is -2.17. The summed E-state index contributed by atoms with van der Waals surface area (Å²) in [4.78, 5) is 10.0. The highest BCUT2D eigenvalue weighted by Crippen LogP contribution is 2.04. The minimum absolute atomic E-state index is 0.337. The quantitative estimate of drug-likeness (QED) is 0.590. The zero-order chi connectivity index (χ0) is 13.0. The average molecular weight is 234 g/mol. The first kappa shape index (κ1) is 17.8. The molecule has 16 heavy (non-hydrogen) atoms. The summed E-state index contributed by atoms with van der Waals surface area (Å²) in [7, 11) is 0. The highest BCUT2D eigenvalue weighted by Gasteiger charge is 1.99. The van der Waals surface area contributed by atoms with Crippen LogP contribution in [0, 0.1) is 0 Å². The summed E-state index contributed by atoms with van der Waals surface area (Å²) in [5.41, 5.74) is 0. The molecule has 0 aromatic heterocycles. The molecule has 4 nitrogen and oxygen atoms in total. The number of aliphatic hydroxyl groups is 2. The summed E-state index contributed by atoms with van der Waals surface area (Å²) in [6, 6.07) is 0. The number of hydrogen-bond donors (Lipinski definition) is 3. The van der Waals surface area contributed by atoms with Crippen LogP contribution < -0.4 is 0 Å². The Morgan fingerprint density at radius 3 is 1.75 bits per heavy atom. The first-order chi connectivity index (χ1) is 7.41. The van der Waals surface area contributed by atoms with Gasteiger partial charge in [-0.3, -0.25) is 4.79 Å². The summed E-state index contributed by atoms with van der Waals surface area (Å²) in [5.74, 6) is -0.670. The summed E-state index contributed by atoms with van der Waals surface area (Å²) in [6.07, 6.45) is 4.70. The van der Waals surface area contributed by atoms with Crippen LogP contribution in [0.15, 0.2) is 0 Å². The average Bonchev–Trinajstić information content (AvgIpc) is 2.18. The normalized spacial score (nSPS) is 13.6. The van der Waals surface area contributed by atoms with Crippen molar-refractivity contribution in [1.29, 1.82) is 0 Å². The van der Waals surface area contributed by atoms with Crippen molar-refractivity contribution in [3.05, 3.63) is 0 Å². The molecule has 98 valence electrons. The molecule has 0 bridgehead atoms. The SMILES string of the molecule is CC(O)C(C)O.CCCCCCCC(=O)O. The van der Waals surface area contributed by atoms with E-state index in [9.17, 15) is 4.79 Å². The predicted octanol–water partition coefficient (Wildman–Crippen LogP) is 2.18. The van der Waals surface area contributed by atoms with Gasteiger partial charge >= 0.3 is 5.97 Å². The highest BCUT2D eigenvalue weighted by molar-refractivity contribution is 5.66. The first-order valence-corrected chi connectivity index (χ1v) is 5.99. The topological polar surface area (TPSA) is 77.8 Å². The molecule has 0 radical (unpaired) electrons. The lowest BCUT2D eigenvalue weighted by molar-refractivity contribution is -0.137. The molecule has 0 saturated carbocycles. The lowest BCUT2D eigenvalue weighted by atomic mass is 10.1. The molecular formula is C12H26O4. The maximum atomic E-state index is 10.0. The second kappa shape index (κ2) is 12.5. The number of carbonyl (C=O) groups is 1. The van der Waals surface area contributed by atoms with Gasteiger partial charge < -0.3 is 15.3 Å². The number of hydrogen-bond acceptors (Lipinski definition) is 3. The van der Waals surface area contributed by atoms with Crippen LogP contribution in [0.25, 0.3) is 0 Å². The Bertz CT molecular complexity index is 149. The van der Waals surface area contributed by atoms with Gasteiger partial charge in [0.25, 0.3) is 0 Å². The third-order valence-corrected chi connectivity index (χ3v) is 2.19. The van der Waals surface area contributed by atoms with Crippen LogP contribution >= 0.6 is 0 Å². The Kier molecular flexibility index (Phi) is 13.8. The summed E-state index contributed by atoms with van der Waals surface area (Å²) in [6.45, 7) is 5.24. The number of carboxylic acid groups (broad SMARTS) is 1. The first-order valence-electron chi connectivity index (χ1n) is 5.99. The molecule has 0 aromatic carbocycles. The van der Waals surface area contributed by atoms with Gasteiger partial charge in [-0.2, -0.15) is 0 Å². The van der Waals surface area contributed by atoms with Gasteiger partial charge in [0.05, 0.1) is 12.2 Å². The molecule has 0 spiro atoms. The second-order valence-corrected chi connectivity index (χ2v) is 4.04. The molecule has 0 heterocycles. The second-order valence-electron chi connectivity index (χ2n) is 4.04. The molecule has 0 saturated heterocycles. The van der Waals surface area contributed by atoms with Crippen LogP contribution in [0.4, 0.5) is 0 Å². The number of carboxylic acids is 1. The van der Waals surface area contributed by atoms with E-state index in [4.69, 9.17) is 15.3 Å². The lowest BCUT2D eigenvalue weighted by Gasteiger charge is -2.03. The van der Waals surface area contributed by atoms with Crippen molar-refractivity contribution >= 4 is 5.97 Å². The van der Waals surface area contributed by atoms with E-state index >= 15 is 0 Å². The fourth-order valence-corrected chi connectivity index (χ4v) is 0.880. The Hall–Kier alpha value is -0.610. The molecule has 0 aliphatic carbocycles. The van der Waals surface area contributed by atoms with Crippen LogP contribution in [0.1, 0.15) is 59.3 Å². The molecule has 0 fully saturated rings. The number of aliphatic carboxylic acids is 1. The van der Waals surface area contributed by atoms with Crippen molar-refractivity contribution in [3.63, 3.8) is 0 Å². The maximum Gasteiger partial charge on any atom is 0.303 e. The van der Waals surface area contributed by atoms with E-state index in [-0.39, 0.29) is 0 Å². The van der Waals surface area contributed by atoms with Crippen LogP contribution in [0.2, 0.25) is 0 Å². The molecule has 0 aliphatic heterocycles. The van der Waals surface area contributed by atoms with Gasteiger partial charge in [-0.1, -0.05) is 32.6 Å². The highest BCUT2D eigenvalue weighted by atomic mass is 16.4. The molecule has 0 amide bonds. The summed E-state index contributed by atoms with van der Waals surface area (Å²) in [5, 5.41) is 25.0. The third kappa shape index (κ3) is 19.0. The van der Waals surface area contributed by atoms with Gasteiger partial charge in [0.1, 0.15) is 0 Å². The van der Waals surface area contributed by atoms with Crippen LogP contribution in [0.3, 0.4) is 0 Å². The molecule has 4 heteroatoms. The van der Waals surface area contributed by atoms with E-state index in [0.717, 1.165) is 12.8 Å². The van der Waals surface area contributed by atoms with Crippen molar-refractivity contribution in [2.75, 3.05) is 0 Å². The standard InChI is InChI=1S/C8H16O2.C4H10O2/c1-2-3-4-5-6-7-8(9)10;1-3(5)4(2)6/h2-7H2,1H3,(H,9,10);3-6H,1-2H3. The molecule has 0 aliphatic rings. The molecule has 0 aromatic rings. The fraction of sp³-hybridized carbons (Fsp3) is 0.917. The Balaban J connectivity index is 0. The third-order valence-electron chi connectivity index (χ3n) is 2.19. The molecule has 0 rings (SSSR count). The molecule has 2 atom stereocenters. The number of rotatable bonds is 7. The van der Waals surface area contributed by atoms with E-state index in [0.29, 0.717) is 6.42 Å². The predicted molar refractivity (Wildman–Crippen MR) is 64.4 cm³/mol. The number of aliphatic hydroxyl groups excluding tert-OH is 2. The van der Waals surface area contributed by atoms with Gasteiger partial charge in [0, 0.05) is 6.42 Å². The Labute approximate surface area is 98.3 Å². The molecule has 2 unspecified atom stereocenters. The van der Waals surface area contributed by atoms with Crippen molar-refractivity contribution in [2.24, 2.45) is 0 Å². The zero-order valence-corrected chi connectivity index (χ0v) is 10.6. The van der Waals surface area contributed by atoms with Crippen LogP contribution in [-0.4, -0.2) is 33.5 Å². The van der Waals surface area contributed by atoms with Crippen molar-refractivity contribution in [2.45, 2.75) is 71.5 Å². The van der Waals surface area contributed by atoms with Crippen molar-refractivity contribution < 1.29 is 20.1 Å². The Morgan fingerprint density at radius 2 is 1.44 bits per heavy atom. The molecule has 3 N–H and O–H groups in total. The van der Waals surface area contributed by atoms with E-state index in [2.05, 4.69) is 6.92 Å². The maximum absolute atomic E-state index is 10.0. The minimum Gasteiger partial charge on any atom is -0.481 e. The van der Waals surface area contributed by atoms with E-state index < -0.39 is 18.2 Å². The van der Waals surface area contributed by atoms with Crippen LogP contribution in [0.5, 0.6) is 0 Å². The van der Waals surface area contributed by atoms with Gasteiger partial charge in [0.2, 0.25) is 0 Å². The van der Waals surface area contributed by atoms with Crippen molar-refractivity contribution in [3.8, 4) is 0 Å². The summed E-state index contributed by atoms with van der Waals surface area (Å²) < 4.78 is 0. The largest absolute Gasteiger partial charge is 0.481 e. The Morgan fingerprint density at radius 1 is 1.00 bits per heavy atom. The monoisotopic (exact) mass is 234 g/mol. The minimum atomic E-state index is -0.670. The van der Waals surface area contributed by atoms with Crippen LogP contribution in [-0.2, 0) is 4.79 Å². The number of unbranched alkanes of at least 4 members (excludes halogenated alkanes) is 4. The van der Waals surface area contributed by atoms with E-state index in [1.807, 2.05) is 0 Å². The zero-order valence-electron chi connectivity index (χ0n) is 10.6. The molecular weight excluding hydrogens is 208 g/mol. The van der Waals surface area contributed by atoms with Gasteiger partial charge in [-0.25, -0.2) is 0 Å². The smallest absolute Gasteiger partial charge is 0.303 e. The summed E-state index contributed by atoms with van der Waals surface area (Å²) >= 11 is 0. The van der Waals surface area contributed by atoms with Gasteiger partial charge in [-0.05, 0) is 20.3 Å². The van der Waals surface area contributed by atoms with E-state index in [1.54, 1.807) is 13.8 Å². The van der Waals surface area contributed by atoms with Gasteiger partial charge in [-0.15, -0.1) is 0 Å². The van der Waals surface area contributed by atoms with E-state index in [1.165, 1.54) is 19.3 Å².